The number of carbonyl (C=O) groups excluding carboxylic acids is 1. The first-order valence-corrected chi connectivity index (χ1v) is 9.51. The number of nitrogens with zero attached hydrogens (tertiary/aromatic N) is 1. The molecule has 26 heavy (non-hydrogen) atoms. The monoisotopic (exact) mass is 387 g/mol. The van der Waals surface area contributed by atoms with E-state index in [4.69, 9.17) is 4.18 Å². The largest absolute Gasteiger partial charge is 0.481 e. The number of carboxylic acids is 1. The van der Waals surface area contributed by atoms with E-state index in [0.29, 0.717) is 9.90 Å². The van der Waals surface area contributed by atoms with E-state index in [1.165, 1.54) is 18.3 Å². The number of aromatic nitrogens is 1. The van der Waals surface area contributed by atoms with E-state index in [2.05, 4.69) is 4.98 Å². The van der Waals surface area contributed by atoms with E-state index in [-0.39, 0.29) is 0 Å². The number of benzene rings is 2. The second-order valence-corrected chi connectivity index (χ2v) is 8.04. The van der Waals surface area contributed by atoms with Crippen LogP contribution < -0.4 is 0 Å². The van der Waals surface area contributed by atoms with Crippen molar-refractivity contribution >= 4 is 45.5 Å². The molecule has 2 unspecified atom stereocenters. The van der Waals surface area contributed by atoms with Crippen LogP contribution in [0.4, 0.5) is 0 Å². The molecule has 1 aromatic heterocycles. The van der Waals surface area contributed by atoms with E-state index in [1.54, 1.807) is 31.2 Å². The summed E-state index contributed by atoms with van der Waals surface area (Å²) in [4.78, 5) is 28.9. The normalized spacial score (nSPS) is 14.5. The average molecular weight is 387 g/mol. The summed E-state index contributed by atoms with van der Waals surface area (Å²) in [5.41, 5.74) is 0.127. The molecule has 0 bridgehead atoms. The molecule has 0 aliphatic carbocycles. The minimum absolute atomic E-state index is 0.595. The quantitative estimate of drug-likeness (QED) is 0.627. The molecule has 5 nitrogen and oxygen atoms in total. The molecule has 0 radical (unpaired) electrons. The summed E-state index contributed by atoms with van der Waals surface area (Å²) in [6, 6.07) is 16.5. The highest BCUT2D eigenvalue weighted by Gasteiger charge is 2.46. The number of hydrogen-bond acceptors (Lipinski definition) is 6. The van der Waals surface area contributed by atoms with Crippen molar-refractivity contribution in [3.05, 3.63) is 60.2 Å². The van der Waals surface area contributed by atoms with Crippen molar-refractivity contribution in [1.29, 1.82) is 0 Å². The standard InChI is InChI=1S/C19H17NO4S2/c1-12(16(21)22)19(2,13-8-4-3-5-9-13)17(23)24-26-18-20-14-10-6-7-11-15(14)25-18/h3-12H,1-2H3,(H,21,22). The molecule has 2 atom stereocenters. The van der Waals surface area contributed by atoms with Crippen LogP contribution in [0.25, 0.3) is 10.2 Å². The van der Waals surface area contributed by atoms with Gasteiger partial charge in [0.15, 0.2) is 4.34 Å². The summed E-state index contributed by atoms with van der Waals surface area (Å²) in [6.07, 6.45) is 0. The summed E-state index contributed by atoms with van der Waals surface area (Å²) in [5, 5.41) is 9.48. The van der Waals surface area contributed by atoms with Crippen molar-refractivity contribution in [1.82, 2.24) is 4.98 Å². The highest BCUT2D eigenvalue weighted by atomic mass is 32.2. The van der Waals surface area contributed by atoms with Crippen molar-refractivity contribution < 1.29 is 18.9 Å². The SMILES string of the molecule is CC(C(=O)O)C(C)(C(=O)OSc1nc2ccccc2s1)c1ccccc1. The predicted octanol–water partition coefficient (Wildman–Crippen LogP) is 4.53. The van der Waals surface area contributed by atoms with Gasteiger partial charge in [-0.2, -0.15) is 0 Å². The smallest absolute Gasteiger partial charge is 0.329 e. The van der Waals surface area contributed by atoms with Gasteiger partial charge in [-0.15, -0.1) is 11.3 Å². The van der Waals surface area contributed by atoms with Gasteiger partial charge in [-0.1, -0.05) is 49.4 Å². The Bertz CT molecular complexity index is 908. The molecule has 0 saturated heterocycles. The lowest BCUT2D eigenvalue weighted by molar-refractivity contribution is -0.152. The highest BCUT2D eigenvalue weighted by molar-refractivity contribution is 7.97. The van der Waals surface area contributed by atoms with Crippen LogP contribution in [0.3, 0.4) is 0 Å². The third kappa shape index (κ3) is 3.45. The molecule has 0 aliphatic rings. The van der Waals surface area contributed by atoms with Crippen LogP contribution in [-0.4, -0.2) is 22.0 Å². The summed E-state index contributed by atoms with van der Waals surface area (Å²) >= 11 is 2.29. The van der Waals surface area contributed by atoms with Gasteiger partial charge in [0.05, 0.1) is 16.1 Å². The lowest BCUT2D eigenvalue weighted by atomic mass is 9.72. The van der Waals surface area contributed by atoms with E-state index >= 15 is 0 Å². The molecular weight excluding hydrogens is 370 g/mol. The second kappa shape index (κ2) is 7.47. The zero-order chi connectivity index (χ0) is 18.7. The Morgan fingerprint density at radius 2 is 1.81 bits per heavy atom. The van der Waals surface area contributed by atoms with Crippen molar-refractivity contribution in [3.8, 4) is 0 Å². The Hall–Kier alpha value is -2.38. The second-order valence-electron chi connectivity index (χ2n) is 6.03. The number of para-hydroxylation sites is 1. The molecule has 0 amide bonds. The van der Waals surface area contributed by atoms with E-state index in [1.807, 2.05) is 30.3 Å². The summed E-state index contributed by atoms with van der Waals surface area (Å²) in [5.74, 6) is -2.62. The summed E-state index contributed by atoms with van der Waals surface area (Å²) in [7, 11) is 0. The fourth-order valence-corrected chi connectivity index (χ4v) is 4.28. The van der Waals surface area contributed by atoms with Gasteiger partial charge >= 0.3 is 11.9 Å². The fourth-order valence-electron chi connectivity index (χ4n) is 2.62. The van der Waals surface area contributed by atoms with Crippen molar-refractivity contribution in [3.63, 3.8) is 0 Å². The first kappa shape index (κ1) is 18.4. The molecule has 2 aromatic carbocycles. The van der Waals surface area contributed by atoms with E-state index < -0.39 is 23.3 Å². The zero-order valence-electron chi connectivity index (χ0n) is 14.2. The third-order valence-corrected chi connectivity index (χ3v) is 6.25. The van der Waals surface area contributed by atoms with Crippen LogP contribution in [0, 0.1) is 5.92 Å². The van der Waals surface area contributed by atoms with Crippen LogP contribution in [-0.2, 0) is 19.2 Å². The number of rotatable bonds is 6. The minimum Gasteiger partial charge on any atom is -0.481 e. The maximum Gasteiger partial charge on any atom is 0.329 e. The number of carbonyl (C=O) groups is 2. The molecule has 0 saturated carbocycles. The Labute approximate surface area is 159 Å². The molecule has 1 N–H and O–H groups in total. The van der Waals surface area contributed by atoms with E-state index in [9.17, 15) is 14.7 Å². The topological polar surface area (TPSA) is 76.5 Å². The van der Waals surface area contributed by atoms with Gasteiger partial charge in [-0.3, -0.25) is 9.59 Å². The van der Waals surface area contributed by atoms with Gasteiger partial charge < -0.3 is 9.29 Å². The highest BCUT2D eigenvalue weighted by Crippen LogP contribution is 2.37. The molecule has 0 aliphatic heterocycles. The molecule has 134 valence electrons. The van der Waals surface area contributed by atoms with E-state index in [0.717, 1.165) is 22.3 Å². The first-order chi connectivity index (χ1) is 12.4. The summed E-state index contributed by atoms with van der Waals surface area (Å²) < 4.78 is 7.00. The molecule has 3 rings (SSSR count). The van der Waals surface area contributed by atoms with Gasteiger partial charge in [0, 0.05) is 0 Å². The molecule has 1 heterocycles. The average Bonchev–Trinajstić information content (AvgIpc) is 3.08. The minimum atomic E-state index is -1.31. The number of fused-ring (bicyclic) bond motifs is 1. The van der Waals surface area contributed by atoms with Crippen LogP contribution in [0.5, 0.6) is 0 Å². The van der Waals surface area contributed by atoms with Gasteiger partial charge in [0.25, 0.3) is 0 Å². The maximum atomic E-state index is 12.9. The predicted molar refractivity (Wildman–Crippen MR) is 102 cm³/mol. The van der Waals surface area contributed by atoms with Gasteiger partial charge in [-0.25, -0.2) is 4.98 Å². The third-order valence-electron chi connectivity index (χ3n) is 4.50. The molecular formula is C19H17NO4S2. The first-order valence-electron chi connectivity index (χ1n) is 7.95. The van der Waals surface area contributed by atoms with Crippen molar-refractivity contribution in [2.24, 2.45) is 5.92 Å². The van der Waals surface area contributed by atoms with Crippen LogP contribution in [0.2, 0.25) is 0 Å². The maximum absolute atomic E-state index is 12.9. The molecule has 7 heteroatoms. The lowest BCUT2D eigenvalue weighted by Gasteiger charge is -2.30. The Morgan fingerprint density at radius 1 is 1.15 bits per heavy atom. The fraction of sp³-hybridized carbons (Fsp3) is 0.211. The molecule has 0 spiro atoms. The van der Waals surface area contributed by atoms with Gasteiger partial charge in [0.2, 0.25) is 0 Å². The zero-order valence-corrected chi connectivity index (χ0v) is 15.8. The Balaban J connectivity index is 1.84. The van der Waals surface area contributed by atoms with Crippen LogP contribution in [0.15, 0.2) is 58.9 Å². The lowest BCUT2D eigenvalue weighted by Crippen LogP contribution is -2.43. The van der Waals surface area contributed by atoms with Crippen molar-refractivity contribution in [2.45, 2.75) is 23.6 Å². The van der Waals surface area contributed by atoms with Crippen molar-refractivity contribution in [2.75, 3.05) is 0 Å². The summed E-state index contributed by atoms with van der Waals surface area (Å²) in [6.45, 7) is 3.11. The number of hydrogen-bond donors (Lipinski definition) is 1. The Kier molecular flexibility index (Phi) is 5.29. The van der Waals surface area contributed by atoms with Crippen LogP contribution >= 0.6 is 23.4 Å². The molecule has 0 fully saturated rings. The van der Waals surface area contributed by atoms with Gasteiger partial charge in [0.1, 0.15) is 17.5 Å². The number of aliphatic carboxylic acids is 1. The number of thiazole rings is 1. The Morgan fingerprint density at radius 3 is 2.46 bits per heavy atom. The molecule has 3 aromatic rings. The van der Waals surface area contributed by atoms with Gasteiger partial charge in [-0.05, 0) is 24.6 Å². The van der Waals surface area contributed by atoms with Crippen LogP contribution in [0.1, 0.15) is 19.4 Å². The number of carboxylic acid groups (broad SMARTS) is 1.